The van der Waals surface area contributed by atoms with E-state index in [0.717, 1.165) is 18.1 Å². The Kier molecular flexibility index (Phi) is 3.24. The Bertz CT molecular complexity index is 143. The van der Waals surface area contributed by atoms with Gasteiger partial charge in [-0.2, -0.15) is 0 Å². The SMILES string of the molecule is CCC(SCC1CC1)C(=O)O. The van der Waals surface area contributed by atoms with Gasteiger partial charge in [-0.3, -0.25) is 4.79 Å². The molecule has 1 saturated carbocycles. The lowest BCUT2D eigenvalue weighted by molar-refractivity contribution is -0.136. The maximum absolute atomic E-state index is 10.5. The molecule has 1 fully saturated rings. The Morgan fingerprint density at radius 2 is 2.36 bits per heavy atom. The van der Waals surface area contributed by atoms with Crippen molar-refractivity contribution >= 4 is 17.7 Å². The Labute approximate surface area is 71.4 Å². The average Bonchev–Trinajstić information content (AvgIpc) is 2.72. The molecule has 1 aliphatic carbocycles. The highest BCUT2D eigenvalue weighted by atomic mass is 32.2. The number of carboxylic acid groups (broad SMARTS) is 1. The zero-order valence-corrected chi connectivity index (χ0v) is 7.56. The van der Waals surface area contributed by atoms with Crippen LogP contribution in [0.5, 0.6) is 0 Å². The van der Waals surface area contributed by atoms with Gasteiger partial charge < -0.3 is 5.11 Å². The summed E-state index contributed by atoms with van der Waals surface area (Å²) in [7, 11) is 0. The van der Waals surface area contributed by atoms with Crippen LogP contribution in [0.1, 0.15) is 26.2 Å². The molecule has 3 heteroatoms. The number of hydrogen-bond acceptors (Lipinski definition) is 2. The van der Waals surface area contributed by atoms with Crippen molar-refractivity contribution in [3.8, 4) is 0 Å². The van der Waals surface area contributed by atoms with Crippen LogP contribution in [0.2, 0.25) is 0 Å². The lowest BCUT2D eigenvalue weighted by atomic mass is 10.3. The molecule has 64 valence electrons. The summed E-state index contributed by atoms with van der Waals surface area (Å²) in [6, 6.07) is 0. The van der Waals surface area contributed by atoms with Crippen molar-refractivity contribution < 1.29 is 9.90 Å². The van der Waals surface area contributed by atoms with Crippen LogP contribution in [0.25, 0.3) is 0 Å². The van der Waals surface area contributed by atoms with E-state index in [0.29, 0.717) is 0 Å². The zero-order valence-electron chi connectivity index (χ0n) is 6.75. The van der Waals surface area contributed by atoms with Gasteiger partial charge in [-0.15, -0.1) is 11.8 Å². The molecule has 0 saturated heterocycles. The second-order valence-electron chi connectivity index (χ2n) is 3.01. The maximum atomic E-state index is 10.5. The van der Waals surface area contributed by atoms with E-state index in [1.807, 2.05) is 6.92 Å². The molecule has 2 nitrogen and oxygen atoms in total. The van der Waals surface area contributed by atoms with E-state index in [-0.39, 0.29) is 5.25 Å². The van der Waals surface area contributed by atoms with E-state index >= 15 is 0 Å². The second kappa shape index (κ2) is 4.00. The highest BCUT2D eigenvalue weighted by molar-refractivity contribution is 8.00. The van der Waals surface area contributed by atoms with Crippen molar-refractivity contribution in [1.29, 1.82) is 0 Å². The minimum atomic E-state index is -0.654. The van der Waals surface area contributed by atoms with E-state index in [4.69, 9.17) is 5.11 Å². The normalized spacial score (nSPS) is 19.7. The summed E-state index contributed by atoms with van der Waals surface area (Å²) in [6.45, 7) is 1.93. The topological polar surface area (TPSA) is 37.3 Å². The van der Waals surface area contributed by atoms with Gasteiger partial charge in [0.25, 0.3) is 0 Å². The van der Waals surface area contributed by atoms with E-state index in [1.165, 1.54) is 12.8 Å². The smallest absolute Gasteiger partial charge is 0.316 e. The molecule has 0 spiro atoms. The van der Waals surface area contributed by atoms with Crippen LogP contribution in [0.3, 0.4) is 0 Å². The third-order valence-electron chi connectivity index (χ3n) is 1.88. The first-order chi connectivity index (χ1) is 5.24. The summed E-state index contributed by atoms with van der Waals surface area (Å²) in [5.74, 6) is 1.22. The summed E-state index contributed by atoms with van der Waals surface area (Å²) >= 11 is 1.60. The number of aliphatic carboxylic acids is 1. The molecule has 1 atom stereocenters. The molecule has 1 N–H and O–H groups in total. The molecule has 0 bridgehead atoms. The molecule has 0 aromatic heterocycles. The minimum Gasteiger partial charge on any atom is -0.480 e. The van der Waals surface area contributed by atoms with Crippen LogP contribution in [-0.2, 0) is 4.79 Å². The largest absolute Gasteiger partial charge is 0.480 e. The average molecular weight is 174 g/mol. The molecular weight excluding hydrogens is 160 g/mol. The van der Waals surface area contributed by atoms with Gasteiger partial charge in [-0.1, -0.05) is 6.92 Å². The standard InChI is InChI=1S/C8H14O2S/c1-2-7(8(9)10)11-5-6-3-4-6/h6-7H,2-5H2,1H3,(H,9,10). The lowest BCUT2D eigenvalue weighted by Gasteiger charge is -2.07. The van der Waals surface area contributed by atoms with Crippen molar-refractivity contribution in [2.75, 3.05) is 5.75 Å². The van der Waals surface area contributed by atoms with Crippen LogP contribution in [0, 0.1) is 5.92 Å². The first kappa shape index (κ1) is 8.91. The van der Waals surface area contributed by atoms with E-state index in [2.05, 4.69) is 0 Å². The van der Waals surface area contributed by atoms with Crippen molar-refractivity contribution in [3.63, 3.8) is 0 Å². The van der Waals surface area contributed by atoms with Gasteiger partial charge in [-0.05, 0) is 30.9 Å². The molecule has 0 aromatic rings. The maximum Gasteiger partial charge on any atom is 0.316 e. The van der Waals surface area contributed by atoms with Gasteiger partial charge in [0.2, 0.25) is 0 Å². The molecule has 0 amide bonds. The Balaban J connectivity index is 2.13. The van der Waals surface area contributed by atoms with Crippen LogP contribution >= 0.6 is 11.8 Å². The second-order valence-corrected chi connectivity index (χ2v) is 4.25. The molecule has 0 aliphatic heterocycles. The molecule has 1 rings (SSSR count). The number of carbonyl (C=O) groups is 1. The molecule has 1 aliphatic rings. The Morgan fingerprint density at radius 3 is 2.73 bits per heavy atom. The fraction of sp³-hybridized carbons (Fsp3) is 0.875. The van der Waals surface area contributed by atoms with Crippen LogP contribution in [0.15, 0.2) is 0 Å². The van der Waals surface area contributed by atoms with Crippen LogP contribution in [-0.4, -0.2) is 22.1 Å². The first-order valence-corrected chi connectivity index (χ1v) is 5.13. The quantitative estimate of drug-likeness (QED) is 0.692. The minimum absolute atomic E-state index is 0.171. The predicted molar refractivity (Wildman–Crippen MR) is 46.9 cm³/mol. The Hall–Kier alpha value is -0.180. The fourth-order valence-electron chi connectivity index (χ4n) is 0.901. The van der Waals surface area contributed by atoms with Gasteiger partial charge in [0, 0.05) is 0 Å². The van der Waals surface area contributed by atoms with Gasteiger partial charge in [0.15, 0.2) is 0 Å². The summed E-state index contributed by atoms with van der Waals surface area (Å²) < 4.78 is 0. The molecular formula is C8H14O2S. The summed E-state index contributed by atoms with van der Waals surface area (Å²) in [4.78, 5) is 10.5. The van der Waals surface area contributed by atoms with Crippen LogP contribution < -0.4 is 0 Å². The first-order valence-electron chi connectivity index (χ1n) is 4.08. The highest BCUT2D eigenvalue weighted by Gasteiger charge is 2.24. The van der Waals surface area contributed by atoms with Crippen molar-refractivity contribution in [2.24, 2.45) is 5.92 Å². The summed E-state index contributed by atoms with van der Waals surface area (Å²) in [5, 5.41) is 8.51. The van der Waals surface area contributed by atoms with Gasteiger partial charge >= 0.3 is 5.97 Å². The number of carboxylic acids is 1. The zero-order chi connectivity index (χ0) is 8.27. The van der Waals surface area contributed by atoms with E-state index in [9.17, 15) is 4.79 Å². The molecule has 1 unspecified atom stereocenters. The summed E-state index contributed by atoms with van der Waals surface area (Å²) in [5.41, 5.74) is 0. The molecule has 0 heterocycles. The molecule has 0 radical (unpaired) electrons. The van der Waals surface area contributed by atoms with E-state index < -0.39 is 5.97 Å². The highest BCUT2D eigenvalue weighted by Crippen LogP contribution is 2.34. The van der Waals surface area contributed by atoms with Crippen molar-refractivity contribution in [3.05, 3.63) is 0 Å². The van der Waals surface area contributed by atoms with Gasteiger partial charge in [0.05, 0.1) is 0 Å². The molecule has 11 heavy (non-hydrogen) atoms. The van der Waals surface area contributed by atoms with Crippen molar-refractivity contribution in [2.45, 2.75) is 31.4 Å². The van der Waals surface area contributed by atoms with Crippen LogP contribution in [0.4, 0.5) is 0 Å². The predicted octanol–water partition coefficient (Wildman–Crippen LogP) is 1.99. The Morgan fingerprint density at radius 1 is 1.73 bits per heavy atom. The fourth-order valence-corrected chi connectivity index (χ4v) is 2.12. The molecule has 0 aromatic carbocycles. The van der Waals surface area contributed by atoms with Gasteiger partial charge in [0.1, 0.15) is 5.25 Å². The summed E-state index contributed by atoms with van der Waals surface area (Å²) in [6.07, 6.45) is 3.36. The number of thioether (sulfide) groups is 1. The van der Waals surface area contributed by atoms with Crippen molar-refractivity contribution in [1.82, 2.24) is 0 Å². The third kappa shape index (κ3) is 3.14. The third-order valence-corrected chi connectivity index (χ3v) is 3.48. The van der Waals surface area contributed by atoms with Gasteiger partial charge in [-0.25, -0.2) is 0 Å². The number of hydrogen-bond donors (Lipinski definition) is 1. The van der Waals surface area contributed by atoms with E-state index in [1.54, 1.807) is 11.8 Å². The number of rotatable bonds is 5. The lowest BCUT2D eigenvalue weighted by Crippen LogP contribution is -2.15. The monoisotopic (exact) mass is 174 g/mol.